The fourth-order valence-electron chi connectivity index (χ4n) is 4.11. The summed E-state index contributed by atoms with van der Waals surface area (Å²) in [7, 11) is 0. The molecular formula is C27H31FN4O3. The molecular weight excluding hydrogens is 447 g/mol. The fraction of sp³-hybridized carbons (Fsp3) is 0.370. The molecule has 0 aliphatic carbocycles. The molecule has 2 heterocycles. The number of aromatic carboxylic acids is 1. The number of piperazine rings is 1. The number of rotatable bonds is 9. The number of carboxylic acid groups (broad SMARTS) is 1. The van der Waals surface area contributed by atoms with Crippen LogP contribution in [0.2, 0.25) is 0 Å². The second-order valence-electron chi connectivity index (χ2n) is 8.89. The van der Waals surface area contributed by atoms with Crippen molar-refractivity contribution < 1.29 is 19.0 Å². The molecule has 1 N–H and O–H groups in total. The van der Waals surface area contributed by atoms with E-state index in [4.69, 9.17) is 4.74 Å². The van der Waals surface area contributed by atoms with Gasteiger partial charge >= 0.3 is 5.97 Å². The van der Waals surface area contributed by atoms with Crippen molar-refractivity contribution >= 4 is 11.9 Å². The Balaban J connectivity index is 1.31. The summed E-state index contributed by atoms with van der Waals surface area (Å²) in [6.45, 7) is 8.85. The van der Waals surface area contributed by atoms with Gasteiger partial charge in [0.15, 0.2) is 0 Å². The highest BCUT2D eigenvalue weighted by Crippen LogP contribution is 2.18. The Morgan fingerprint density at radius 3 is 2.46 bits per heavy atom. The number of hydrogen-bond acceptors (Lipinski definition) is 6. The van der Waals surface area contributed by atoms with Gasteiger partial charge in [-0.2, -0.15) is 0 Å². The molecule has 1 aliphatic rings. The molecule has 35 heavy (non-hydrogen) atoms. The molecule has 0 unspecified atom stereocenters. The van der Waals surface area contributed by atoms with Gasteiger partial charge in [0, 0.05) is 38.9 Å². The third-order valence-corrected chi connectivity index (χ3v) is 6.46. The summed E-state index contributed by atoms with van der Waals surface area (Å²) < 4.78 is 19.1. The van der Waals surface area contributed by atoms with E-state index in [2.05, 4.69) is 45.7 Å². The van der Waals surface area contributed by atoms with Crippen molar-refractivity contribution in [2.24, 2.45) is 0 Å². The summed E-state index contributed by atoms with van der Waals surface area (Å²) in [5, 5.41) is 9.57. The van der Waals surface area contributed by atoms with Gasteiger partial charge in [0.25, 0.3) is 0 Å². The molecule has 0 amide bonds. The van der Waals surface area contributed by atoms with Crippen molar-refractivity contribution in [1.29, 1.82) is 0 Å². The minimum Gasteiger partial charge on any atom is -0.492 e. The molecule has 1 aromatic heterocycles. The van der Waals surface area contributed by atoms with Crippen LogP contribution in [-0.4, -0.2) is 65.3 Å². The highest BCUT2D eigenvalue weighted by Gasteiger charge is 2.21. The lowest BCUT2D eigenvalue weighted by atomic mass is 10.1. The predicted molar refractivity (Wildman–Crippen MR) is 133 cm³/mol. The van der Waals surface area contributed by atoms with E-state index in [1.165, 1.54) is 29.5 Å². The molecule has 8 heteroatoms. The number of anilines is 1. The minimum atomic E-state index is -1.04. The van der Waals surface area contributed by atoms with E-state index in [0.717, 1.165) is 44.0 Å². The molecule has 0 atom stereocenters. The maximum Gasteiger partial charge on any atom is 0.339 e. The van der Waals surface area contributed by atoms with Gasteiger partial charge in [-0.25, -0.2) is 19.2 Å². The zero-order valence-corrected chi connectivity index (χ0v) is 20.2. The number of carbonyl (C=O) groups is 1. The first-order chi connectivity index (χ1) is 16.9. The molecule has 1 fully saturated rings. The average molecular weight is 479 g/mol. The molecule has 4 rings (SSSR count). The van der Waals surface area contributed by atoms with Gasteiger partial charge in [-0.15, -0.1) is 0 Å². The first kappa shape index (κ1) is 24.6. The lowest BCUT2D eigenvalue weighted by Crippen LogP contribution is -2.48. The maximum atomic E-state index is 13.2. The van der Waals surface area contributed by atoms with Crippen LogP contribution in [0.25, 0.3) is 0 Å². The van der Waals surface area contributed by atoms with Gasteiger partial charge < -0.3 is 14.7 Å². The number of ether oxygens (including phenoxy) is 1. The molecule has 2 aromatic carbocycles. The number of benzene rings is 2. The fourth-order valence-corrected chi connectivity index (χ4v) is 4.11. The first-order valence-corrected chi connectivity index (χ1v) is 11.9. The van der Waals surface area contributed by atoms with Crippen LogP contribution in [0.3, 0.4) is 0 Å². The monoisotopic (exact) mass is 478 g/mol. The summed E-state index contributed by atoms with van der Waals surface area (Å²) in [6, 6.07) is 12.4. The van der Waals surface area contributed by atoms with Crippen molar-refractivity contribution in [3.63, 3.8) is 0 Å². The zero-order chi connectivity index (χ0) is 24.8. The summed E-state index contributed by atoms with van der Waals surface area (Å²) in [5.41, 5.74) is 4.02. The van der Waals surface area contributed by atoms with E-state index in [1.807, 2.05) is 6.07 Å². The summed E-state index contributed by atoms with van der Waals surface area (Å²) >= 11 is 0. The third-order valence-electron chi connectivity index (χ3n) is 6.46. The Labute approximate surface area is 205 Å². The van der Waals surface area contributed by atoms with E-state index in [9.17, 15) is 14.3 Å². The summed E-state index contributed by atoms with van der Waals surface area (Å²) in [6.07, 6.45) is 2.41. The largest absolute Gasteiger partial charge is 0.492 e. The first-order valence-electron chi connectivity index (χ1n) is 11.9. The van der Waals surface area contributed by atoms with Crippen LogP contribution in [0.5, 0.6) is 5.75 Å². The van der Waals surface area contributed by atoms with Crippen molar-refractivity contribution in [3.05, 3.63) is 82.4 Å². The van der Waals surface area contributed by atoms with Gasteiger partial charge in [0.1, 0.15) is 18.2 Å². The number of aromatic nitrogens is 2. The SMILES string of the molecule is Cc1ccc(OCCN2CCN(c3ncc(C(=O)O)c(CCc4ccc(F)cc4)n3)CC2)cc1C. The van der Waals surface area contributed by atoms with Crippen molar-refractivity contribution in [3.8, 4) is 5.75 Å². The van der Waals surface area contributed by atoms with E-state index in [0.29, 0.717) is 31.1 Å². The molecule has 7 nitrogen and oxygen atoms in total. The number of hydrogen-bond donors (Lipinski definition) is 1. The Morgan fingerprint density at radius 2 is 1.77 bits per heavy atom. The number of nitrogens with zero attached hydrogens (tertiary/aromatic N) is 4. The standard InChI is InChI=1S/C27H31FN4O3/c1-19-3-9-23(17-20(19)2)35-16-15-31-11-13-32(14-12-31)27-29-18-24(26(33)34)25(30-27)10-6-21-4-7-22(28)8-5-21/h3-5,7-9,17-18H,6,10-16H2,1-2H3,(H,33,34). The molecule has 1 aliphatic heterocycles. The Bertz CT molecular complexity index is 1160. The van der Waals surface area contributed by atoms with E-state index in [1.54, 1.807) is 12.1 Å². The molecule has 0 bridgehead atoms. The van der Waals surface area contributed by atoms with Crippen molar-refractivity contribution in [1.82, 2.24) is 14.9 Å². The van der Waals surface area contributed by atoms with Crippen LogP contribution in [0.1, 0.15) is 32.7 Å². The van der Waals surface area contributed by atoms with Crippen LogP contribution in [-0.2, 0) is 12.8 Å². The van der Waals surface area contributed by atoms with E-state index in [-0.39, 0.29) is 11.4 Å². The Kier molecular flexibility index (Phi) is 7.92. The maximum absolute atomic E-state index is 13.2. The van der Waals surface area contributed by atoms with Crippen molar-refractivity contribution in [2.75, 3.05) is 44.2 Å². The average Bonchev–Trinajstić information content (AvgIpc) is 2.86. The van der Waals surface area contributed by atoms with Crippen LogP contribution < -0.4 is 9.64 Å². The lowest BCUT2D eigenvalue weighted by Gasteiger charge is -2.34. The predicted octanol–water partition coefficient (Wildman–Crippen LogP) is 3.92. The zero-order valence-electron chi connectivity index (χ0n) is 20.2. The van der Waals surface area contributed by atoms with Crippen molar-refractivity contribution in [2.45, 2.75) is 26.7 Å². The normalized spacial score (nSPS) is 14.2. The quantitative estimate of drug-likeness (QED) is 0.499. The van der Waals surface area contributed by atoms with Crippen LogP contribution in [0.4, 0.5) is 10.3 Å². The van der Waals surface area contributed by atoms with Gasteiger partial charge in [-0.1, -0.05) is 18.2 Å². The Hall–Kier alpha value is -3.52. The van der Waals surface area contributed by atoms with Gasteiger partial charge in [-0.05, 0) is 67.6 Å². The smallest absolute Gasteiger partial charge is 0.339 e. The molecule has 3 aromatic rings. The second-order valence-corrected chi connectivity index (χ2v) is 8.89. The van der Waals surface area contributed by atoms with Crippen LogP contribution >= 0.6 is 0 Å². The topological polar surface area (TPSA) is 78.8 Å². The van der Waals surface area contributed by atoms with Crippen LogP contribution in [0, 0.1) is 19.7 Å². The number of carboxylic acids is 1. The third kappa shape index (κ3) is 6.54. The van der Waals surface area contributed by atoms with Gasteiger partial charge in [0.2, 0.25) is 5.95 Å². The second kappa shape index (κ2) is 11.3. The Morgan fingerprint density at radius 1 is 1.03 bits per heavy atom. The van der Waals surface area contributed by atoms with Gasteiger partial charge in [-0.3, -0.25) is 4.90 Å². The molecule has 1 saturated heterocycles. The van der Waals surface area contributed by atoms with Gasteiger partial charge in [0.05, 0.1) is 11.3 Å². The number of aryl methyl sites for hydroxylation is 4. The van der Waals surface area contributed by atoms with Crippen LogP contribution in [0.15, 0.2) is 48.7 Å². The molecule has 0 spiro atoms. The molecule has 0 radical (unpaired) electrons. The number of halogens is 1. The molecule has 184 valence electrons. The lowest BCUT2D eigenvalue weighted by molar-refractivity contribution is 0.0694. The minimum absolute atomic E-state index is 0.109. The van der Waals surface area contributed by atoms with E-state index < -0.39 is 5.97 Å². The summed E-state index contributed by atoms with van der Waals surface area (Å²) in [4.78, 5) is 25.1. The highest BCUT2D eigenvalue weighted by molar-refractivity contribution is 5.88. The summed E-state index contributed by atoms with van der Waals surface area (Å²) in [5.74, 6) is 0.112. The molecule has 0 saturated carbocycles. The highest BCUT2D eigenvalue weighted by atomic mass is 19.1. The van der Waals surface area contributed by atoms with E-state index >= 15 is 0 Å².